The van der Waals surface area contributed by atoms with Crippen LogP contribution in [0.25, 0.3) is 0 Å². The molecule has 0 aromatic heterocycles. The maximum atomic E-state index is 12.8. The molecule has 0 aliphatic rings. The molecule has 0 heterocycles. The van der Waals surface area contributed by atoms with E-state index in [4.69, 9.17) is 0 Å². The lowest BCUT2D eigenvalue weighted by Gasteiger charge is -2.03. The fraction of sp³-hybridized carbons (Fsp3) is 0.200. The molecular formula is C10H8BrFO3. The van der Waals surface area contributed by atoms with Crippen LogP contribution in [0.4, 0.5) is 4.39 Å². The summed E-state index contributed by atoms with van der Waals surface area (Å²) in [5.41, 5.74) is -0.0338. The third-order valence-corrected chi connectivity index (χ3v) is 2.33. The Morgan fingerprint density at radius 3 is 2.73 bits per heavy atom. The number of Topliss-reactive ketones (excluding diaryl/α,β-unsaturated/α-hetero) is 1. The van der Waals surface area contributed by atoms with Gasteiger partial charge in [0.1, 0.15) is 5.82 Å². The number of rotatable bonds is 3. The number of ketones is 1. The molecule has 0 spiro atoms. The number of hydrogen-bond acceptors (Lipinski definition) is 3. The summed E-state index contributed by atoms with van der Waals surface area (Å²) in [6.45, 7) is 1.70. The van der Waals surface area contributed by atoms with Gasteiger partial charge in [-0.25, -0.2) is 9.18 Å². The van der Waals surface area contributed by atoms with Gasteiger partial charge in [-0.3, -0.25) is 4.79 Å². The fourth-order valence-electron chi connectivity index (χ4n) is 0.978. The van der Waals surface area contributed by atoms with Crippen LogP contribution >= 0.6 is 15.9 Å². The summed E-state index contributed by atoms with van der Waals surface area (Å²) >= 11 is 3.06. The van der Waals surface area contributed by atoms with Crippen LogP contribution in [0.3, 0.4) is 0 Å². The van der Waals surface area contributed by atoms with Gasteiger partial charge in [-0.05, 0) is 25.1 Å². The average Bonchev–Trinajstić information content (AvgIpc) is 2.21. The van der Waals surface area contributed by atoms with Crippen LogP contribution in [0.15, 0.2) is 22.7 Å². The minimum Gasteiger partial charge on any atom is -0.460 e. The second kappa shape index (κ2) is 5.02. The molecule has 0 unspecified atom stereocenters. The second-order valence-electron chi connectivity index (χ2n) is 2.67. The van der Waals surface area contributed by atoms with Crippen LogP contribution in [-0.2, 0) is 9.53 Å². The van der Waals surface area contributed by atoms with Crippen LogP contribution in [0.5, 0.6) is 0 Å². The number of halogens is 2. The van der Waals surface area contributed by atoms with E-state index >= 15 is 0 Å². The van der Waals surface area contributed by atoms with Gasteiger partial charge in [0.15, 0.2) is 0 Å². The molecule has 0 saturated heterocycles. The minimum absolute atomic E-state index is 0.0338. The predicted octanol–water partition coefficient (Wildman–Crippen LogP) is 2.33. The summed E-state index contributed by atoms with van der Waals surface area (Å²) < 4.78 is 17.7. The van der Waals surface area contributed by atoms with Crippen molar-refractivity contribution in [3.63, 3.8) is 0 Å². The zero-order valence-electron chi connectivity index (χ0n) is 7.92. The van der Waals surface area contributed by atoms with Gasteiger partial charge in [0.2, 0.25) is 0 Å². The molecule has 0 radical (unpaired) electrons. The standard InChI is InChI=1S/C10H8BrFO3/c1-2-15-10(14)9(13)7-5-6(12)3-4-8(7)11/h3-5H,2H2,1H3. The minimum atomic E-state index is -0.983. The van der Waals surface area contributed by atoms with E-state index in [1.807, 2.05) is 0 Å². The summed E-state index contributed by atoms with van der Waals surface area (Å²) in [6.07, 6.45) is 0. The van der Waals surface area contributed by atoms with Crippen LogP contribution in [0.2, 0.25) is 0 Å². The molecule has 0 fully saturated rings. The zero-order valence-corrected chi connectivity index (χ0v) is 9.51. The Labute approximate surface area is 94.4 Å². The van der Waals surface area contributed by atoms with Crippen molar-refractivity contribution in [3.8, 4) is 0 Å². The molecule has 1 aromatic carbocycles. The van der Waals surface area contributed by atoms with Crippen molar-refractivity contribution in [1.29, 1.82) is 0 Å². The van der Waals surface area contributed by atoms with Gasteiger partial charge in [-0.2, -0.15) is 0 Å². The van der Waals surface area contributed by atoms with Crippen molar-refractivity contribution in [2.45, 2.75) is 6.92 Å². The second-order valence-corrected chi connectivity index (χ2v) is 3.53. The van der Waals surface area contributed by atoms with Gasteiger partial charge in [0, 0.05) is 10.0 Å². The summed E-state index contributed by atoms with van der Waals surface area (Å²) in [5.74, 6) is -2.42. The largest absolute Gasteiger partial charge is 0.460 e. The number of hydrogen-bond donors (Lipinski definition) is 0. The van der Waals surface area contributed by atoms with Crippen LogP contribution in [-0.4, -0.2) is 18.4 Å². The van der Waals surface area contributed by atoms with Crippen molar-refractivity contribution in [2.24, 2.45) is 0 Å². The third kappa shape index (κ3) is 2.86. The Bertz CT molecular complexity index is 404. The zero-order chi connectivity index (χ0) is 11.4. The summed E-state index contributed by atoms with van der Waals surface area (Å²) in [5, 5.41) is 0. The Balaban J connectivity index is 3.00. The molecule has 0 aliphatic carbocycles. The van der Waals surface area contributed by atoms with Crippen molar-refractivity contribution in [1.82, 2.24) is 0 Å². The lowest BCUT2D eigenvalue weighted by Crippen LogP contribution is -2.18. The predicted molar refractivity (Wildman–Crippen MR) is 55.1 cm³/mol. The first kappa shape index (κ1) is 11.8. The molecule has 0 N–H and O–H groups in total. The highest BCUT2D eigenvalue weighted by molar-refractivity contribution is 9.10. The molecule has 0 amide bonds. The highest BCUT2D eigenvalue weighted by Crippen LogP contribution is 2.18. The highest BCUT2D eigenvalue weighted by Gasteiger charge is 2.20. The molecule has 80 valence electrons. The molecule has 1 aromatic rings. The lowest BCUT2D eigenvalue weighted by molar-refractivity contribution is -0.137. The number of carbonyl (C=O) groups is 2. The van der Waals surface area contributed by atoms with Gasteiger partial charge in [-0.15, -0.1) is 0 Å². The molecule has 0 saturated carbocycles. The van der Waals surface area contributed by atoms with Crippen LogP contribution in [0, 0.1) is 5.82 Å². The first-order chi connectivity index (χ1) is 7.06. The van der Waals surface area contributed by atoms with Gasteiger partial charge in [0.05, 0.1) is 6.61 Å². The highest BCUT2D eigenvalue weighted by atomic mass is 79.9. The molecule has 5 heteroatoms. The normalized spacial score (nSPS) is 9.80. The Hall–Kier alpha value is -1.23. The van der Waals surface area contributed by atoms with Crippen LogP contribution < -0.4 is 0 Å². The molecule has 3 nitrogen and oxygen atoms in total. The average molecular weight is 275 g/mol. The molecule has 15 heavy (non-hydrogen) atoms. The van der Waals surface area contributed by atoms with E-state index in [1.54, 1.807) is 6.92 Å². The van der Waals surface area contributed by atoms with Gasteiger partial charge < -0.3 is 4.74 Å². The van der Waals surface area contributed by atoms with Gasteiger partial charge in [-0.1, -0.05) is 15.9 Å². The van der Waals surface area contributed by atoms with Crippen molar-refractivity contribution >= 4 is 27.7 Å². The van der Waals surface area contributed by atoms with E-state index in [9.17, 15) is 14.0 Å². The maximum Gasteiger partial charge on any atom is 0.379 e. The summed E-state index contributed by atoms with van der Waals surface area (Å²) in [7, 11) is 0. The smallest absolute Gasteiger partial charge is 0.379 e. The summed E-state index contributed by atoms with van der Waals surface area (Å²) in [6, 6.07) is 3.54. The lowest BCUT2D eigenvalue weighted by atomic mass is 10.1. The van der Waals surface area contributed by atoms with E-state index in [-0.39, 0.29) is 12.2 Å². The third-order valence-electron chi connectivity index (χ3n) is 1.63. The fourth-order valence-corrected chi connectivity index (χ4v) is 1.40. The molecule has 0 bridgehead atoms. The van der Waals surface area contributed by atoms with Crippen LogP contribution in [0.1, 0.15) is 17.3 Å². The molecular weight excluding hydrogens is 267 g/mol. The first-order valence-corrected chi connectivity index (χ1v) is 5.02. The number of ether oxygens (including phenoxy) is 1. The van der Waals surface area contributed by atoms with Crippen molar-refractivity contribution in [2.75, 3.05) is 6.61 Å². The van der Waals surface area contributed by atoms with Crippen molar-refractivity contribution < 1.29 is 18.7 Å². The Morgan fingerprint density at radius 1 is 1.47 bits per heavy atom. The van der Waals surface area contributed by atoms with E-state index in [1.165, 1.54) is 12.1 Å². The molecule has 1 rings (SSSR count). The van der Waals surface area contributed by atoms with E-state index in [2.05, 4.69) is 20.7 Å². The maximum absolute atomic E-state index is 12.8. The van der Waals surface area contributed by atoms with Gasteiger partial charge >= 0.3 is 5.97 Å². The molecule has 0 aliphatic heterocycles. The topological polar surface area (TPSA) is 43.4 Å². The Morgan fingerprint density at radius 2 is 2.13 bits per heavy atom. The van der Waals surface area contributed by atoms with Crippen molar-refractivity contribution in [3.05, 3.63) is 34.1 Å². The van der Waals surface area contributed by atoms with E-state index in [0.717, 1.165) is 6.07 Å². The Kier molecular flexibility index (Phi) is 3.96. The van der Waals surface area contributed by atoms with Gasteiger partial charge in [0.25, 0.3) is 5.78 Å². The first-order valence-electron chi connectivity index (χ1n) is 4.22. The number of benzene rings is 1. The molecule has 0 atom stereocenters. The monoisotopic (exact) mass is 274 g/mol. The quantitative estimate of drug-likeness (QED) is 0.483. The SMILES string of the molecule is CCOC(=O)C(=O)c1cc(F)ccc1Br. The number of carbonyl (C=O) groups excluding carboxylic acids is 2. The van der Waals surface area contributed by atoms with E-state index < -0.39 is 17.6 Å². The number of esters is 1. The summed E-state index contributed by atoms with van der Waals surface area (Å²) in [4.78, 5) is 22.5. The van der Waals surface area contributed by atoms with E-state index in [0.29, 0.717) is 4.47 Å².